The van der Waals surface area contributed by atoms with Crippen molar-refractivity contribution in [1.29, 1.82) is 0 Å². The van der Waals surface area contributed by atoms with Gasteiger partial charge in [0, 0.05) is 29.4 Å². The van der Waals surface area contributed by atoms with E-state index >= 15 is 0 Å². The van der Waals surface area contributed by atoms with Gasteiger partial charge < -0.3 is 10.2 Å². The molecule has 1 aliphatic rings. The Kier molecular flexibility index (Phi) is 5.19. The van der Waals surface area contributed by atoms with Crippen LogP contribution in [-0.2, 0) is 0 Å². The number of nitrogens with one attached hydrogen (secondary N) is 1. The molecule has 1 aliphatic heterocycles. The minimum absolute atomic E-state index is 0.125. The number of aromatic nitrogens is 1. The Labute approximate surface area is 151 Å². The van der Waals surface area contributed by atoms with E-state index in [-0.39, 0.29) is 5.91 Å². The van der Waals surface area contributed by atoms with Crippen molar-refractivity contribution in [2.45, 2.75) is 26.7 Å². The SMILES string of the molecule is Cc1cc(Br)ccc1NC(=O)c1cncc(N2CCCC(C)C2)c1. The maximum absolute atomic E-state index is 12.6. The lowest BCUT2D eigenvalue weighted by molar-refractivity contribution is 0.102. The predicted molar refractivity (Wildman–Crippen MR) is 102 cm³/mol. The molecule has 1 unspecified atom stereocenters. The quantitative estimate of drug-likeness (QED) is 0.833. The molecule has 5 heteroatoms. The van der Waals surface area contributed by atoms with E-state index in [1.165, 1.54) is 12.8 Å². The molecule has 2 aromatic rings. The molecule has 1 N–H and O–H groups in total. The van der Waals surface area contributed by atoms with Crippen LogP contribution < -0.4 is 10.2 Å². The number of nitrogens with zero attached hydrogens (tertiary/aromatic N) is 2. The van der Waals surface area contributed by atoms with Crippen LogP contribution in [0.1, 0.15) is 35.7 Å². The summed E-state index contributed by atoms with van der Waals surface area (Å²) >= 11 is 3.44. The number of aryl methyl sites for hydroxylation is 1. The van der Waals surface area contributed by atoms with Crippen LogP contribution in [0.3, 0.4) is 0 Å². The first-order valence-corrected chi connectivity index (χ1v) is 9.10. The number of hydrogen-bond donors (Lipinski definition) is 1. The first kappa shape index (κ1) is 17.0. The fraction of sp³-hybridized carbons (Fsp3) is 0.368. The third-order valence-electron chi connectivity index (χ3n) is 4.44. The molecule has 0 bridgehead atoms. The maximum Gasteiger partial charge on any atom is 0.257 e. The molecule has 126 valence electrons. The molecule has 2 heterocycles. The van der Waals surface area contributed by atoms with Crippen LogP contribution in [0.4, 0.5) is 11.4 Å². The maximum atomic E-state index is 12.6. The fourth-order valence-corrected chi connectivity index (χ4v) is 3.59. The number of carbonyl (C=O) groups is 1. The molecule has 0 spiro atoms. The number of benzene rings is 1. The Hall–Kier alpha value is -1.88. The van der Waals surface area contributed by atoms with Gasteiger partial charge >= 0.3 is 0 Å². The lowest BCUT2D eigenvalue weighted by Gasteiger charge is -2.32. The lowest BCUT2D eigenvalue weighted by Crippen LogP contribution is -2.34. The fourth-order valence-electron chi connectivity index (χ4n) is 3.11. The number of pyridine rings is 1. The Morgan fingerprint density at radius 2 is 2.17 bits per heavy atom. The van der Waals surface area contributed by atoms with Gasteiger partial charge in [-0.05, 0) is 55.5 Å². The van der Waals surface area contributed by atoms with Crippen LogP contribution in [0.2, 0.25) is 0 Å². The second kappa shape index (κ2) is 7.34. The van der Waals surface area contributed by atoms with Gasteiger partial charge in [-0.2, -0.15) is 0 Å². The zero-order chi connectivity index (χ0) is 17.1. The summed E-state index contributed by atoms with van der Waals surface area (Å²) in [4.78, 5) is 19.2. The molecule has 1 aromatic heterocycles. The van der Waals surface area contributed by atoms with Gasteiger partial charge in [0.25, 0.3) is 5.91 Å². The summed E-state index contributed by atoms with van der Waals surface area (Å²) in [5, 5.41) is 2.97. The molecule has 24 heavy (non-hydrogen) atoms. The largest absolute Gasteiger partial charge is 0.370 e. The Bertz CT molecular complexity index is 747. The van der Waals surface area contributed by atoms with Crippen molar-refractivity contribution < 1.29 is 4.79 Å². The summed E-state index contributed by atoms with van der Waals surface area (Å²) in [6, 6.07) is 7.75. The van der Waals surface area contributed by atoms with Crippen LogP contribution in [0.25, 0.3) is 0 Å². The summed E-state index contributed by atoms with van der Waals surface area (Å²) in [5.41, 5.74) is 3.46. The van der Waals surface area contributed by atoms with Gasteiger partial charge in [0.1, 0.15) is 0 Å². The molecular formula is C19H22BrN3O. The summed E-state index contributed by atoms with van der Waals surface area (Å²) in [6.45, 7) is 6.30. The minimum atomic E-state index is -0.125. The van der Waals surface area contributed by atoms with E-state index in [2.05, 4.69) is 38.1 Å². The summed E-state index contributed by atoms with van der Waals surface area (Å²) in [5.74, 6) is 0.557. The number of piperidine rings is 1. The molecule has 1 amide bonds. The zero-order valence-corrected chi connectivity index (χ0v) is 15.6. The van der Waals surface area contributed by atoms with Crippen molar-refractivity contribution in [3.63, 3.8) is 0 Å². The van der Waals surface area contributed by atoms with E-state index in [1.807, 2.05) is 37.4 Å². The Balaban J connectivity index is 1.76. The molecule has 1 fully saturated rings. The van der Waals surface area contributed by atoms with Crippen molar-refractivity contribution >= 4 is 33.2 Å². The number of amides is 1. The first-order chi connectivity index (χ1) is 11.5. The van der Waals surface area contributed by atoms with Gasteiger partial charge in [-0.3, -0.25) is 9.78 Å². The lowest BCUT2D eigenvalue weighted by atomic mass is 10.00. The van der Waals surface area contributed by atoms with Crippen molar-refractivity contribution in [2.24, 2.45) is 5.92 Å². The van der Waals surface area contributed by atoms with Crippen LogP contribution in [0, 0.1) is 12.8 Å². The average molecular weight is 388 g/mol. The molecule has 1 saturated heterocycles. The highest BCUT2D eigenvalue weighted by Crippen LogP contribution is 2.24. The highest BCUT2D eigenvalue weighted by atomic mass is 79.9. The van der Waals surface area contributed by atoms with E-state index in [1.54, 1.807) is 6.20 Å². The number of hydrogen-bond acceptors (Lipinski definition) is 3. The van der Waals surface area contributed by atoms with Gasteiger partial charge in [-0.25, -0.2) is 0 Å². The summed E-state index contributed by atoms with van der Waals surface area (Å²) < 4.78 is 1.00. The smallest absolute Gasteiger partial charge is 0.257 e. The van der Waals surface area contributed by atoms with Crippen LogP contribution in [0.5, 0.6) is 0 Å². The van der Waals surface area contributed by atoms with Crippen molar-refractivity contribution in [3.8, 4) is 0 Å². The molecule has 0 aliphatic carbocycles. The zero-order valence-electron chi connectivity index (χ0n) is 14.1. The van der Waals surface area contributed by atoms with Crippen molar-refractivity contribution in [2.75, 3.05) is 23.3 Å². The topological polar surface area (TPSA) is 45.2 Å². The standard InChI is InChI=1S/C19H22BrN3O/c1-13-4-3-7-23(12-13)17-9-15(10-21-11-17)19(24)22-18-6-5-16(20)8-14(18)2/h5-6,8-11,13H,3-4,7,12H2,1-2H3,(H,22,24). The molecule has 0 radical (unpaired) electrons. The van der Waals surface area contributed by atoms with Crippen molar-refractivity contribution in [1.82, 2.24) is 4.98 Å². The van der Waals surface area contributed by atoms with E-state index in [4.69, 9.17) is 0 Å². The van der Waals surface area contributed by atoms with Gasteiger partial charge in [0.05, 0.1) is 17.4 Å². The van der Waals surface area contributed by atoms with Crippen LogP contribution >= 0.6 is 15.9 Å². The third-order valence-corrected chi connectivity index (χ3v) is 4.94. The van der Waals surface area contributed by atoms with Gasteiger partial charge in [-0.1, -0.05) is 22.9 Å². The Morgan fingerprint density at radius 1 is 1.33 bits per heavy atom. The minimum Gasteiger partial charge on any atom is -0.370 e. The summed E-state index contributed by atoms with van der Waals surface area (Å²) in [7, 11) is 0. The molecule has 4 nitrogen and oxygen atoms in total. The predicted octanol–water partition coefficient (Wildman–Crippen LogP) is 4.64. The van der Waals surface area contributed by atoms with Gasteiger partial charge in [-0.15, -0.1) is 0 Å². The van der Waals surface area contributed by atoms with Gasteiger partial charge in [0.2, 0.25) is 0 Å². The normalized spacial score (nSPS) is 17.6. The molecule has 0 saturated carbocycles. The van der Waals surface area contributed by atoms with Gasteiger partial charge in [0.15, 0.2) is 0 Å². The molecule has 3 rings (SSSR count). The highest BCUT2D eigenvalue weighted by Gasteiger charge is 2.18. The van der Waals surface area contributed by atoms with E-state index in [0.29, 0.717) is 11.5 Å². The van der Waals surface area contributed by atoms with Crippen LogP contribution in [0.15, 0.2) is 41.1 Å². The van der Waals surface area contributed by atoms with E-state index in [9.17, 15) is 4.79 Å². The van der Waals surface area contributed by atoms with E-state index < -0.39 is 0 Å². The number of rotatable bonds is 3. The average Bonchev–Trinajstić information content (AvgIpc) is 2.57. The van der Waals surface area contributed by atoms with Crippen molar-refractivity contribution in [3.05, 3.63) is 52.3 Å². The number of anilines is 2. The molecule has 1 aromatic carbocycles. The second-order valence-electron chi connectivity index (χ2n) is 6.54. The molecular weight excluding hydrogens is 366 g/mol. The number of halogens is 1. The second-order valence-corrected chi connectivity index (χ2v) is 7.45. The monoisotopic (exact) mass is 387 g/mol. The highest BCUT2D eigenvalue weighted by molar-refractivity contribution is 9.10. The third kappa shape index (κ3) is 3.96. The number of carbonyl (C=O) groups excluding carboxylic acids is 1. The summed E-state index contributed by atoms with van der Waals surface area (Å²) in [6.07, 6.45) is 5.93. The molecule has 1 atom stereocenters. The van der Waals surface area contributed by atoms with Crippen LogP contribution in [-0.4, -0.2) is 24.0 Å². The first-order valence-electron chi connectivity index (χ1n) is 8.30. The van der Waals surface area contributed by atoms with E-state index in [0.717, 1.165) is 34.5 Å². The Morgan fingerprint density at radius 3 is 2.92 bits per heavy atom.